The van der Waals surface area contributed by atoms with Crippen LogP contribution in [-0.2, 0) is 9.59 Å². The van der Waals surface area contributed by atoms with Crippen LogP contribution in [0.2, 0.25) is 0 Å². The van der Waals surface area contributed by atoms with Crippen molar-refractivity contribution in [2.75, 3.05) is 0 Å². The predicted molar refractivity (Wildman–Crippen MR) is 78.5 cm³/mol. The summed E-state index contributed by atoms with van der Waals surface area (Å²) in [6.07, 6.45) is 1.05. The molecule has 1 aromatic rings. The number of nitrogens with one attached hydrogen (secondary N) is 1. The number of aliphatic carboxylic acids is 1. The largest absolute Gasteiger partial charge is 0.480 e. The van der Waals surface area contributed by atoms with Crippen LogP contribution in [0.1, 0.15) is 45.1 Å². The third-order valence-corrected chi connectivity index (χ3v) is 3.42. The minimum atomic E-state index is -0.982. The van der Waals surface area contributed by atoms with Gasteiger partial charge in [-0.3, -0.25) is 4.79 Å². The van der Waals surface area contributed by atoms with Crippen molar-refractivity contribution in [1.82, 2.24) is 5.32 Å². The Morgan fingerprint density at radius 3 is 2.25 bits per heavy atom. The van der Waals surface area contributed by atoms with Crippen molar-refractivity contribution >= 4 is 11.9 Å². The van der Waals surface area contributed by atoms with Crippen LogP contribution in [0.4, 0.5) is 0 Å². The highest BCUT2D eigenvalue weighted by Crippen LogP contribution is 2.20. The van der Waals surface area contributed by atoms with E-state index < -0.39 is 12.0 Å². The van der Waals surface area contributed by atoms with E-state index in [2.05, 4.69) is 12.2 Å². The van der Waals surface area contributed by atoms with Crippen LogP contribution in [0.5, 0.6) is 0 Å². The first-order chi connectivity index (χ1) is 9.41. The summed E-state index contributed by atoms with van der Waals surface area (Å²) in [7, 11) is 0. The first-order valence-electron chi connectivity index (χ1n) is 6.99. The van der Waals surface area contributed by atoms with Crippen LogP contribution in [-0.4, -0.2) is 23.0 Å². The first kappa shape index (κ1) is 16.2. The van der Waals surface area contributed by atoms with Crippen molar-refractivity contribution in [3.8, 4) is 0 Å². The number of benzene rings is 1. The third kappa shape index (κ3) is 5.03. The standard InChI is InChI=1S/C16H23NO3/c1-11(2)15(16(19)20)17-14(18)10-9-12(3)13-7-5-4-6-8-13/h4-8,11-12,15H,9-10H2,1-3H3,(H,17,18)(H,19,20)/t12?,15-/m1/s1. The van der Waals surface area contributed by atoms with Crippen molar-refractivity contribution in [1.29, 1.82) is 0 Å². The average molecular weight is 277 g/mol. The Kier molecular flexibility index (Phi) is 6.22. The van der Waals surface area contributed by atoms with Gasteiger partial charge in [0.05, 0.1) is 0 Å². The third-order valence-electron chi connectivity index (χ3n) is 3.42. The van der Waals surface area contributed by atoms with Gasteiger partial charge in [0.25, 0.3) is 0 Å². The number of amides is 1. The summed E-state index contributed by atoms with van der Waals surface area (Å²) in [6, 6.07) is 9.18. The van der Waals surface area contributed by atoms with Gasteiger partial charge in [-0.2, -0.15) is 0 Å². The van der Waals surface area contributed by atoms with Crippen molar-refractivity contribution in [2.45, 2.75) is 45.6 Å². The van der Waals surface area contributed by atoms with Crippen LogP contribution < -0.4 is 5.32 Å². The van der Waals surface area contributed by atoms with Crippen molar-refractivity contribution in [3.63, 3.8) is 0 Å². The highest BCUT2D eigenvalue weighted by atomic mass is 16.4. The lowest BCUT2D eigenvalue weighted by Crippen LogP contribution is -2.44. The number of carbonyl (C=O) groups is 2. The van der Waals surface area contributed by atoms with E-state index in [0.29, 0.717) is 12.8 Å². The Labute approximate surface area is 120 Å². The van der Waals surface area contributed by atoms with E-state index in [-0.39, 0.29) is 17.7 Å². The smallest absolute Gasteiger partial charge is 0.326 e. The van der Waals surface area contributed by atoms with Crippen molar-refractivity contribution < 1.29 is 14.7 Å². The second kappa shape index (κ2) is 7.68. The van der Waals surface area contributed by atoms with E-state index in [1.54, 1.807) is 13.8 Å². The molecule has 4 nitrogen and oxygen atoms in total. The number of carboxylic acids is 1. The number of carboxylic acid groups (broad SMARTS) is 1. The zero-order valence-corrected chi connectivity index (χ0v) is 12.3. The SMILES string of the molecule is CC(CCC(=O)N[C@@H](C(=O)O)C(C)C)c1ccccc1. The molecule has 0 saturated heterocycles. The zero-order valence-electron chi connectivity index (χ0n) is 12.3. The molecule has 1 aromatic carbocycles. The Bertz CT molecular complexity index is 442. The van der Waals surface area contributed by atoms with Crippen LogP contribution in [0, 0.1) is 5.92 Å². The number of carbonyl (C=O) groups excluding carboxylic acids is 1. The molecule has 20 heavy (non-hydrogen) atoms. The molecule has 0 aromatic heterocycles. The lowest BCUT2D eigenvalue weighted by Gasteiger charge is -2.18. The second-order valence-electron chi connectivity index (χ2n) is 5.48. The lowest BCUT2D eigenvalue weighted by atomic mass is 9.96. The van der Waals surface area contributed by atoms with Gasteiger partial charge in [-0.15, -0.1) is 0 Å². The minimum absolute atomic E-state index is 0.122. The highest BCUT2D eigenvalue weighted by molar-refractivity contribution is 5.83. The molecule has 2 atom stereocenters. The summed E-state index contributed by atoms with van der Waals surface area (Å²) in [5.74, 6) is -1.02. The highest BCUT2D eigenvalue weighted by Gasteiger charge is 2.23. The average Bonchev–Trinajstić information content (AvgIpc) is 2.42. The second-order valence-corrected chi connectivity index (χ2v) is 5.48. The van der Waals surface area contributed by atoms with E-state index in [9.17, 15) is 9.59 Å². The molecular formula is C16H23NO3. The fourth-order valence-corrected chi connectivity index (χ4v) is 2.06. The number of hydrogen-bond donors (Lipinski definition) is 2. The Morgan fingerprint density at radius 1 is 1.15 bits per heavy atom. The molecule has 2 N–H and O–H groups in total. The maximum absolute atomic E-state index is 11.8. The summed E-state index contributed by atoms with van der Waals surface area (Å²) >= 11 is 0. The molecule has 1 unspecified atom stereocenters. The minimum Gasteiger partial charge on any atom is -0.480 e. The zero-order chi connectivity index (χ0) is 15.1. The molecule has 110 valence electrons. The van der Waals surface area contributed by atoms with Crippen LogP contribution in [0.15, 0.2) is 30.3 Å². The van der Waals surface area contributed by atoms with E-state index in [4.69, 9.17) is 5.11 Å². The summed E-state index contributed by atoms with van der Waals surface area (Å²) in [4.78, 5) is 22.8. The first-order valence-corrected chi connectivity index (χ1v) is 6.99. The fourth-order valence-electron chi connectivity index (χ4n) is 2.06. The van der Waals surface area contributed by atoms with Crippen LogP contribution in [0.25, 0.3) is 0 Å². The summed E-state index contributed by atoms with van der Waals surface area (Å²) < 4.78 is 0. The van der Waals surface area contributed by atoms with Gasteiger partial charge in [-0.1, -0.05) is 51.1 Å². The maximum atomic E-state index is 11.8. The van der Waals surface area contributed by atoms with Gasteiger partial charge in [-0.25, -0.2) is 4.79 Å². The Morgan fingerprint density at radius 2 is 1.75 bits per heavy atom. The lowest BCUT2D eigenvalue weighted by molar-refractivity contribution is -0.143. The van der Waals surface area contributed by atoms with Gasteiger partial charge in [0, 0.05) is 6.42 Å². The van der Waals surface area contributed by atoms with Gasteiger partial charge < -0.3 is 10.4 Å². The molecule has 0 spiro atoms. The molecule has 0 aliphatic rings. The van der Waals surface area contributed by atoms with Crippen LogP contribution >= 0.6 is 0 Å². The van der Waals surface area contributed by atoms with Gasteiger partial charge in [0.2, 0.25) is 5.91 Å². The van der Waals surface area contributed by atoms with Crippen molar-refractivity contribution in [2.24, 2.45) is 5.92 Å². The molecule has 1 amide bonds. The van der Waals surface area contributed by atoms with Gasteiger partial charge in [-0.05, 0) is 23.8 Å². The maximum Gasteiger partial charge on any atom is 0.326 e. The molecule has 0 fully saturated rings. The molecule has 0 bridgehead atoms. The molecule has 1 rings (SSSR count). The van der Waals surface area contributed by atoms with E-state index in [0.717, 1.165) is 0 Å². The van der Waals surface area contributed by atoms with Crippen LogP contribution in [0.3, 0.4) is 0 Å². The molecular weight excluding hydrogens is 254 g/mol. The van der Waals surface area contributed by atoms with E-state index in [1.807, 2.05) is 30.3 Å². The predicted octanol–water partition coefficient (Wildman–Crippen LogP) is 2.80. The van der Waals surface area contributed by atoms with Gasteiger partial charge in [0.1, 0.15) is 6.04 Å². The Hall–Kier alpha value is -1.84. The van der Waals surface area contributed by atoms with Gasteiger partial charge >= 0.3 is 5.97 Å². The quantitative estimate of drug-likeness (QED) is 0.805. The number of rotatable bonds is 7. The summed E-state index contributed by atoms with van der Waals surface area (Å²) in [5.41, 5.74) is 1.19. The molecule has 0 aliphatic heterocycles. The van der Waals surface area contributed by atoms with Crippen molar-refractivity contribution in [3.05, 3.63) is 35.9 Å². The van der Waals surface area contributed by atoms with E-state index >= 15 is 0 Å². The summed E-state index contributed by atoms with van der Waals surface area (Å²) in [5, 5.41) is 11.6. The molecule has 0 aliphatic carbocycles. The monoisotopic (exact) mass is 277 g/mol. The fraction of sp³-hybridized carbons (Fsp3) is 0.500. The molecule has 4 heteroatoms. The molecule has 0 heterocycles. The van der Waals surface area contributed by atoms with Gasteiger partial charge in [0.15, 0.2) is 0 Å². The Balaban J connectivity index is 2.45. The normalized spacial score (nSPS) is 13.8. The van der Waals surface area contributed by atoms with E-state index in [1.165, 1.54) is 5.56 Å². The summed E-state index contributed by atoms with van der Waals surface area (Å²) in [6.45, 7) is 5.64. The molecule has 0 saturated carbocycles. The number of hydrogen-bond acceptors (Lipinski definition) is 2. The molecule has 0 radical (unpaired) electrons. The topological polar surface area (TPSA) is 66.4 Å².